The molecule has 4 nitrogen and oxygen atoms in total. The molecule has 0 saturated carbocycles. The van der Waals surface area contributed by atoms with E-state index in [1.54, 1.807) is 0 Å². The lowest BCUT2D eigenvalue weighted by Gasteiger charge is -1.98. The molecular formula is C8H13ClN4. The molecule has 1 heterocycles. The number of hydrogen-bond donors (Lipinski definition) is 0. The fourth-order valence-electron chi connectivity index (χ4n) is 1.10. The van der Waals surface area contributed by atoms with Gasteiger partial charge in [-0.2, -0.15) is 0 Å². The molecule has 13 heavy (non-hydrogen) atoms. The SMILES string of the molecule is CCCCCCc1nnnnc1Cl. The Morgan fingerprint density at radius 2 is 1.85 bits per heavy atom. The molecule has 1 rings (SSSR count). The van der Waals surface area contributed by atoms with Gasteiger partial charge >= 0.3 is 0 Å². The van der Waals surface area contributed by atoms with Crippen LogP contribution in [0, 0.1) is 0 Å². The fraction of sp³-hybridized carbons (Fsp3) is 0.750. The lowest BCUT2D eigenvalue weighted by Crippen LogP contribution is -1.99. The smallest absolute Gasteiger partial charge is 0.130 e. The molecule has 0 aliphatic rings. The van der Waals surface area contributed by atoms with Crippen LogP contribution >= 0.6 is 11.6 Å². The van der Waals surface area contributed by atoms with E-state index in [9.17, 15) is 0 Å². The first-order chi connectivity index (χ1) is 6.34. The Balaban J connectivity index is 2.32. The van der Waals surface area contributed by atoms with Crippen LogP contribution in [0.4, 0.5) is 0 Å². The van der Waals surface area contributed by atoms with Crippen LogP contribution in [0.3, 0.4) is 0 Å². The number of halogens is 1. The summed E-state index contributed by atoms with van der Waals surface area (Å²) >= 11 is 5.76. The van der Waals surface area contributed by atoms with Crippen LogP contribution in [-0.2, 0) is 6.42 Å². The predicted molar refractivity (Wildman–Crippen MR) is 50.5 cm³/mol. The first-order valence-corrected chi connectivity index (χ1v) is 4.92. The monoisotopic (exact) mass is 200 g/mol. The van der Waals surface area contributed by atoms with Crippen molar-refractivity contribution in [1.82, 2.24) is 20.6 Å². The van der Waals surface area contributed by atoms with Crippen molar-refractivity contribution >= 4 is 11.6 Å². The molecule has 0 N–H and O–H groups in total. The second-order valence-corrected chi connectivity index (χ2v) is 3.29. The average Bonchev–Trinajstić information content (AvgIpc) is 2.15. The van der Waals surface area contributed by atoms with Gasteiger partial charge in [-0.05, 0) is 23.3 Å². The highest BCUT2D eigenvalue weighted by Gasteiger charge is 2.02. The number of aryl methyl sites for hydroxylation is 1. The molecule has 5 heteroatoms. The van der Waals surface area contributed by atoms with Crippen LogP contribution in [0.25, 0.3) is 0 Å². The molecule has 0 spiro atoms. The van der Waals surface area contributed by atoms with Gasteiger partial charge in [0.1, 0.15) is 5.69 Å². The van der Waals surface area contributed by atoms with Gasteiger partial charge in [0.05, 0.1) is 0 Å². The maximum Gasteiger partial charge on any atom is 0.176 e. The largest absolute Gasteiger partial charge is 0.176 e. The zero-order chi connectivity index (χ0) is 9.52. The van der Waals surface area contributed by atoms with Crippen molar-refractivity contribution in [3.63, 3.8) is 0 Å². The van der Waals surface area contributed by atoms with Crippen molar-refractivity contribution in [3.05, 3.63) is 10.8 Å². The molecule has 1 aromatic heterocycles. The van der Waals surface area contributed by atoms with Crippen molar-refractivity contribution < 1.29 is 0 Å². The van der Waals surface area contributed by atoms with E-state index >= 15 is 0 Å². The van der Waals surface area contributed by atoms with Crippen LogP contribution in [0.15, 0.2) is 0 Å². The molecule has 0 amide bonds. The van der Waals surface area contributed by atoms with Gasteiger partial charge in [0.2, 0.25) is 0 Å². The van der Waals surface area contributed by atoms with Crippen molar-refractivity contribution in [3.8, 4) is 0 Å². The molecule has 0 aliphatic heterocycles. The Hall–Kier alpha value is -0.770. The Morgan fingerprint density at radius 3 is 2.54 bits per heavy atom. The molecule has 0 atom stereocenters. The van der Waals surface area contributed by atoms with Gasteiger partial charge in [0.25, 0.3) is 0 Å². The van der Waals surface area contributed by atoms with Crippen molar-refractivity contribution in [2.24, 2.45) is 0 Å². The summed E-state index contributed by atoms with van der Waals surface area (Å²) in [5, 5.41) is 14.6. The summed E-state index contributed by atoms with van der Waals surface area (Å²) < 4.78 is 0. The number of hydrogen-bond acceptors (Lipinski definition) is 4. The molecule has 72 valence electrons. The van der Waals surface area contributed by atoms with Gasteiger partial charge < -0.3 is 0 Å². The van der Waals surface area contributed by atoms with E-state index < -0.39 is 0 Å². The van der Waals surface area contributed by atoms with E-state index in [2.05, 4.69) is 27.5 Å². The Morgan fingerprint density at radius 1 is 1.08 bits per heavy atom. The van der Waals surface area contributed by atoms with Gasteiger partial charge in [-0.3, -0.25) is 0 Å². The molecule has 0 fully saturated rings. The number of nitrogens with zero attached hydrogens (tertiary/aromatic N) is 4. The minimum absolute atomic E-state index is 0.381. The average molecular weight is 201 g/mol. The summed E-state index contributed by atoms with van der Waals surface area (Å²) in [5.41, 5.74) is 0.757. The van der Waals surface area contributed by atoms with E-state index in [-0.39, 0.29) is 0 Å². The lowest BCUT2D eigenvalue weighted by molar-refractivity contribution is 0.639. The predicted octanol–water partition coefficient (Wildman–Crippen LogP) is 2.04. The zero-order valence-corrected chi connectivity index (χ0v) is 8.46. The van der Waals surface area contributed by atoms with E-state index in [0.29, 0.717) is 5.15 Å². The lowest BCUT2D eigenvalue weighted by atomic mass is 10.1. The van der Waals surface area contributed by atoms with Crippen LogP contribution in [0.1, 0.15) is 38.3 Å². The zero-order valence-electron chi connectivity index (χ0n) is 7.70. The van der Waals surface area contributed by atoms with E-state index in [4.69, 9.17) is 11.6 Å². The van der Waals surface area contributed by atoms with E-state index in [1.807, 2.05) is 0 Å². The molecule has 0 unspecified atom stereocenters. The number of unbranched alkanes of at least 4 members (excludes halogenated alkanes) is 3. The van der Waals surface area contributed by atoms with Gasteiger partial charge in [-0.15, -0.1) is 10.2 Å². The second kappa shape index (κ2) is 5.80. The molecule has 0 radical (unpaired) electrons. The Kier molecular flexibility index (Phi) is 4.60. The topological polar surface area (TPSA) is 51.6 Å². The maximum absolute atomic E-state index is 5.76. The highest BCUT2D eigenvalue weighted by atomic mass is 35.5. The minimum Gasteiger partial charge on any atom is -0.130 e. The minimum atomic E-state index is 0.381. The van der Waals surface area contributed by atoms with Crippen LogP contribution in [0.5, 0.6) is 0 Å². The highest BCUT2D eigenvalue weighted by Crippen LogP contribution is 2.11. The normalized spacial score (nSPS) is 10.3. The summed E-state index contributed by atoms with van der Waals surface area (Å²) in [6, 6.07) is 0. The van der Waals surface area contributed by atoms with Crippen LogP contribution in [0.2, 0.25) is 5.15 Å². The van der Waals surface area contributed by atoms with Gasteiger partial charge in [0.15, 0.2) is 5.15 Å². The van der Waals surface area contributed by atoms with Crippen LogP contribution < -0.4 is 0 Å². The highest BCUT2D eigenvalue weighted by molar-refractivity contribution is 6.29. The molecule has 1 aromatic rings. The maximum atomic E-state index is 5.76. The summed E-state index contributed by atoms with van der Waals surface area (Å²) in [4.78, 5) is 0. The summed E-state index contributed by atoms with van der Waals surface area (Å²) in [6.45, 7) is 2.18. The fourth-order valence-corrected chi connectivity index (χ4v) is 1.27. The first-order valence-electron chi connectivity index (χ1n) is 4.55. The van der Waals surface area contributed by atoms with E-state index in [0.717, 1.165) is 18.5 Å². The molecule has 0 bridgehead atoms. The third-order valence-corrected chi connectivity index (χ3v) is 2.14. The summed E-state index contributed by atoms with van der Waals surface area (Å²) in [6.07, 6.45) is 5.63. The van der Waals surface area contributed by atoms with E-state index in [1.165, 1.54) is 19.3 Å². The molecule has 0 aliphatic carbocycles. The van der Waals surface area contributed by atoms with Crippen molar-refractivity contribution in [1.29, 1.82) is 0 Å². The molecule has 0 saturated heterocycles. The van der Waals surface area contributed by atoms with Crippen LogP contribution in [-0.4, -0.2) is 20.6 Å². The standard InChI is InChI=1S/C8H13ClN4/c1-2-3-4-5-6-7-8(9)11-13-12-10-7/h2-6H2,1H3. The van der Waals surface area contributed by atoms with Crippen molar-refractivity contribution in [2.75, 3.05) is 0 Å². The first kappa shape index (κ1) is 10.3. The van der Waals surface area contributed by atoms with Gasteiger partial charge in [-0.25, -0.2) is 0 Å². The third kappa shape index (κ3) is 3.63. The third-order valence-electron chi connectivity index (χ3n) is 1.84. The second-order valence-electron chi connectivity index (χ2n) is 2.93. The summed E-state index contributed by atoms with van der Waals surface area (Å²) in [7, 11) is 0. The van der Waals surface area contributed by atoms with Gasteiger partial charge in [0, 0.05) is 0 Å². The summed E-state index contributed by atoms with van der Waals surface area (Å²) in [5.74, 6) is 0. The van der Waals surface area contributed by atoms with Crippen molar-refractivity contribution in [2.45, 2.75) is 39.0 Å². The molecule has 0 aromatic carbocycles. The quantitative estimate of drug-likeness (QED) is 0.683. The Bertz CT molecular complexity index is 254. The number of aromatic nitrogens is 4. The van der Waals surface area contributed by atoms with Gasteiger partial charge in [-0.1, -0.05) is 37.8 Å². The molecular weight excluding hydrogens is 188 g/mol. The Labute approximate surface area is 82.7 Å². The number of rotatable bonds is 5.